The van der Waals surface area contributed by atoms with Gasteiger partial charge in [0, 0.05) is 4.47 Å². The van der Waals surface area contributed by atoms with E-state index in [1.807, 2.05) is 24.3 Å². The quantitative estimate of drug-likeness (QED) is 0.839. The Kier molecular flexibility index (Phi) is 5.00. The first kappa shape index (κ1) is 16.3. The Hall–Kier alpha value is -2.54. The first-order valence-corrected chi connectivity index (χ1v) is 8.13. The largest absolute Gasteiger partial charge is 0.485 e. The van der Waals surface area contributed by atoms with Gasteiger partial charge in [-0.2, -0.15) is 0 Å². The van der Waals surface area contributed by atoms with Crippen molar-refractivity contribution in [1.29, 1.82) is 0 Å². The number of benzene rings is 2. The highest BCUT2D eigenvalue weighted by Gasteiger charge is 2.27. The van der Waals surface area contributed by atoms with E-state index in [0.29, 0.717) is 17.2 Å². The van der Waals surface area contributed by atoms with Crippen LogP contribution in [0.15, 0.2) is 53.0 Å². The molecule has 0 fully saturated rings. The molecule has 1 aliphatic rings. The molecule has 0 saturated heterocycles. The molecule has 1 aliphatic heterocycles. The monoisotopic (exact) mass is 390 g/mol. The highest BCUT2D eigenvalue weighted by molar-refractivity contribution is 9.10. The maximum absolute atomic E-state index is 12.1. The second-order valence-corrected chi connectivity index (χ2v) is 5.96. The van der Waals surface area contributed by atoms with Gasteiger partial charge < -0.3 is 20.1 Å². The first-order valence-electron chi connectivity index (χ1n) is 7.34. The zero-order valence-electron chi connectivity index (χ0n) is 12.6. The van der Waals surface area contributed by atoms with E-state index < -0.39 is 12.0 Å². The van der Waals surface area contributed by atoms with Crippen LogP contribution in [0.1, 0.15) is 0 Å². The number of para-hydroxylation sites is 3. The number of hydrogen-bond donors (Lipinski definition) is 2. The van der Waals surface area contributed by atoms with Gasteiger partial charge in [-0.25, -0.2) is 0 Å². The highest BCUT2D eigenvalue weighted by Crippen LogP contribution is 2.30. The van der Waals surface area contributed by atoms with E-state index in [-0.39, 0.29) is 19.1 Å². The van der Waals surface area contributed by atoms with Crippen LogP contribution in [0.2, 0.25) is 0 Å². The summed E-state index contributed by atoms with van der Waals surface area (Å²) in [5, 5.41) is 5.26. The van der Waals surface area contributed by atoms with Crippen molar-refractivity contribution in [3.63, 3.8) is 0 Å². The van der Waals surface area contributed by atoms with Crippen LogP contribution < -0.4 is 20.1 Å². The van der Waals surface area contributed by atoms with Gasteiger partial charge in [0.2, 0.25) is 12.0 Å². The summed E-state index contributed by atoms with van der Waals surface area (Å²) in [6.07, 6.45) is -0.781. The molecule has 0 unspecified atom stereocenters. The topological polar surface area (TPSA) is 76.7 Å². The van der Waals surface area contributed by atoms with Crippen LogP contribution in [0.5, 0.6) is 11.5 Å². The Morgan fingerprint density at radius 3 is 2.58 bits per heavy atom. The summed E-state index contributed by atoms with van der Waals surface area (Å²) in [5.41, 5.74) is 0.642. The fourth-order valence-electron chi connectivity index (χ4n) is 2.19. The van der Waals surface area contributed by atoms with Gasteiger partial charge in [0.25, 0.3) is 5.91 Å². The Labute approximate surface area is 147 Å². The Bertz CT molecular complexity index is 766. The molecule has 0 aliphatic carbocycles. The van der Waals surface area contributed by atoms with Gasteiger partial charge in [-0.3, -0.25) is 9.59 Å². The smallest absolute Gasteiger partial charge is 0.265 e. The molecule has 2 amide bonds. The van der Waals surface area contributed by atoms with E-state index in [1.165, 1.54) is 0 Å². The molecule has 0 saturated carbocycles. The van der Waals surface area contributed by atoms with Crippen LogP contribution in [-0.2, 0) is 9.59 Å². The molecular formula is C17H15BrN2O4. The molecule has 0 radical (unpaired) electrons. The minimum absolute atomic E-state index is 0.106. The number of carbonyl (C=O) groups is 2. The minimum Gasteiger partial charge on any atom is -0.485 e. The van der Waals surface area contributed by atoms with Gasteiger partial charge in [0.05, 0.1) is 12.2 Å². The maximum Gasteiger partial charge on any atom is 0.265 e. The van der Waals surface area contributed by atoms with Crippen LogP contribution in [0.4, 0.5) is 5.69 Å². The van der Waals surface area contributed by atoms with Crippen molar-refractivity contribution in [3.05, 3.63) is 53.0 Å². The van der Waals surface area contributed by atoms with Gasteiger partial charge in [-0.1, -0.05) is 24.3 Å². The molecular weight excluding hydrogens is 376 g/mol. The zero-order chi connectivity index (χ0) is 16.9. The lowest BCUT2D eigenvalue weighted by Gasteiger charge is -2.25. The van der Waals surface area contributed by atoms with E-state index >= 15 is 0 Å². The lowest BCUT2D eigenvalue weighted by Crippen LogP contribution is -2.46. The SMILES string of the molecule is O=C(CNC(=O)[C@H]1COc2ccccc2O1)Nc1ccccc1Br. The van der Waals surface area contributed by atoms with Crippen LogP contribution in [0, 0.1) is 0 Å². The summed E-state index contributed by atoms with van der Waals surface area (Å²) in [6, 6.07) is 14.4. The van der Waals surface area contributed by atoms with Gasteiger partial charge in [-0.15, -0.1) is 0 Å². The normalized spacial score (nSPS) is 15.5. The predicted octanol–water partition coefficient (Wildman–Crippen LogP) is 2.34. The number of halogens is 1. The van der Waals surface area contributed by atoms with E-state index in [1.54, 1.807) is 24.3 Å². The van der Waals surface area contributed by atoms with Crippen molar-refractivity contribution in [2.75, 3.05) is 18.5 Å². The average Bonchev–Trinajstić information content (AvgIpc) is 2.61. The Balaban J connectivity index is 1.51. The Morgan fingerprint density at radius 2 is 1.79 bits per heavy atom. The number of carbonyl (C=O) groups excluding carboxylic acids is 2. The van der Waals surface area contributed by atoms with E-state index in [9.17, 15) is 9.59 Å². The number of ether oxygens (including phenoxy) is 2. The van der Waals surface area contributed by atoms with Gasteiger partial charge in [0.15, 0.2) is 11.5 Å². The lowest BCUT2D eigenvalue weighted by atomic mass is 10.2. The second kappa shape index (κ2) is 7.35. The van der Waals surface area contributed by atoms with Gasteiger partial charge >= 0.3 is 0 Å². The summed E-state index contributed by atoms with van der Waals surface area (Å²) in [7, 11) is 0. The standard InChI is InChI=1S/C17H15BrN2O4/c18-11-5-1-2-6-12(11)20-16(21)9-19-17(22)15-10-23-13-7-3-4-8-14(13)24-15/h1-8,15H,9-10H2,(H,19,22)(H,20,21)/t15-/m1/s1. The number of rotatable bonds is 4. The molecule has 0 aromatic heterocycles. The van der Waals surface area contributed by atoms with Crippen molar-refractivity contribution in [2.24, 2.45) is 0 Å². The van der Waals surface area contributed by atoms with Crippen molar-refractivity contribution in [3.8, 4) is 11.5 Å². The number of anilines is 1. The summed E-state index contributed by atoms with van der Waals surface area (Å²) < 4.78 is 11.8. The average molecular weight is 391 g/mol. The number of amides is 2. The number of hydrogen-bond acceptors (Lipinski definition) is 4. The fraction of sp³-hybridized carbons (Fsp3) is 0.176. The molecule has 7 heteroatoms. The summed E-state index contributed by atoms with van der Waals surface area (Å²) in [5.74, 6) is 0.397. The molecule has 124 valence electrons. The Morgan fingerprint density at radius 1 is 1.08 bits per heavy atom. The summed E-state index contributed by atoms with van der Waals surface area (Å²) in [4.78, 5) is 24.1. The zero-order valence-corrected chi connectivity index (χ0v) is 14.2. The van der Waals surface area contributed by atoms with Crippen LogP contribution in [0.3, 0.4) is 0 Å². The molecule has 0 spiro atoms. The molecule has 24 heavy (non-hydrogen) atoms. The van der Waals surface area contributed by atoms with Crippen molar-refractivity contribution in [2.45, 2.75) is 6.10 Å². The van der Waals surface area contributed by atoms with Crippen LogP contribution in [-0.4, -0.2) is 31.1 Å². The third kappa shape index (κ3) is 3.86. The predicted molar refractivity (Wildman–Crippen MR) is 92.1 cm³/mol. The first-order chi connectivity index (χ1) is 11.6. The van der Waals surface area contributed by atoms with E-state index in [0.717, 1.165) is 4.47 Å². The summed E-state index contributed by atoms with van der Waals surface area (Å²) >= 11 is 3.34. The van der Waals surface area contributed by atoms with Crippen LogP contribution >= 0.6 is 15.9 Å². The van der Waals surface area contributed by atoms with Crippen molar-refractivity contribution in [1.82, 2.24) is 5.32 Å². The summed E-state index contributed by atoms with van der Waals surface area (Å²) in [6.45, 7) is -0.0453. The molecule has 2 aromatic carbocycles. The van der Waals surface area contributed by atoms with E-state index in [2.05, 4.69) is 26.6 Å². The molecule has 1 atom stereocenters. The third-order valence-electron chi connectivity index (χ3n) is 3.37. The maximum atomic E-state index is 12.1. The van der Waals surface area contributed by atoms with E-state index in [4.69, 9.17) is 9.47 Å². The molecule has 6 nitrogen and oxygen atoms in total. The van der Waals surface area contributed by atoms with Crippen molar-refractivity contribution < 1.29 is 19.1 Å². The number of fused-ring (bicyclic) bond motifs is 1. The molecule has 2 N–H and O–H groups in total. The molecule has 1 heterocycles. The van der Waals surface area contributed by atoms with Gasteiger partial charge in [0.1, 0.15) is 6.61 Å². The molecule has 0 bridgehead atoms. The third-order valence-corrected chi connectivity index (χ3v) is 4.06. The molecule has 3 rings (SSSR count). The number of nitrogens with one attached hydrogen (secondary N) is 2. The molecule has 2 aromatic rings. The van der Waals surface area contributed by atoms with Crippen molar-refractivity contribution >= 4 is 33.4 Å². The van der Waals surface area contributed by atoms with Gasteiger partial charge in [-0.05, 0) is 40.2 Å². The highest BCUT2D eigenvalue weighted by atomic mass is 79.9. The minimum atomic E-state index is -0.781. The van der Waals surface area contributed by atoms with Crippen LogP contribution in [0.25, 0.3) is 0 Å². The second-order valence-electron chi connectivity index (χ2n) is 5.11. The fourth-order valence-corrected chi connectivity index (χ4v) is 2.57. The lowest BCUT2D eigenvalue weighted by molar-refractivity contribution is -0.131.